The molecular weight excluding hydrogens is 244 g/mol. The highest BCUT2D eigenvalue weighted by Gasteiger charge is 2.40. The van der Waals surface area contributed by atoms with Crippen molar-refractivity contribution in [2.75, 3.05) is 13.1 Å². The van der Waals surface area contributed by atoms with Crippen molar-refractivity contribution in [3.8, 4) is 0 Å². The molecule has 1 aliphatic heterocycles. The lowest BCUT2D eigenvalue weighted by atomic mass is 9.84. The number of benzene rings is 2. The van der Waals surface area contributed by atoms with Crippen LogP contribution in [-0.2, 0) is 6.54 Å². The van der Waals surface area contributed by atoms with Crippen LogP contribution < -0.4 is 5.73 Å². The molecule has 0 radical (unpaired) electrons. The molecule has 1 aliphatic rings. The SMILES string of the molecule is CC1(N)CN(Cc2ccccc2)CC1c1ccccc1. The summed E-state index contributed by atoms with van der Waals surface area (Å²) in [6.45, 7) is 5.14. The zero-order valence-corrected chi connectivity index (χ0v) is 12.0. The van der Waals surface area contributed by atoms with E-state index in [1.807, 2.05) is 0 Å². The minimum atomic E-state index is -0.157. The molecule has 20 heavy (non-hydrogen) atoms. The van der Waals surface area contributed by atoms with Crippen molar-refractivity contribution in [3.63, 3.8) is 0 Å². The van der Waals surface area contributed by atoms with E-state index in [-0.39, 0.29) is 5.54 Å². The van der Waals surface area contributed by atoms with Crippen LogP contribution in [-0.4, -0.2) is 23.5 Å². The van der Waals surface area contributed by atoms with E-state index in [1.54, 1.807) is 0 Å². The molecule has 104 valence electrons. The number of nitrogens with two attached hydrogens (primary N) is 1. The zero-order valence-electron chi connectivity index (χ0n) is 12.0. The van der Waals surface area contributed by atoms with Crippen LogP contribution in [0.3, 0.4) is 0 Å². The van der Waals surface area contributed by atoms with Crippen molar-refractivity contribution in [3.05, 3.63) is 71.8 Å². The van der Waals surface area contributed by atoms with Crippen LogP contribution in [0.2, 0.25) is 0 Å². The maximum absolute atomic E-state index is 6.56. The van der Waals surface area contributed by atoms with Gasteiger partial charge in [-0.2, -0.15) is 0 Å². The van der Waals surface area contributed by atoms with Crippen LogP contribution in [0, 0.1) is 0 Å². The van der Waals surface area contributed by atoms with Crippen LogP contribution >= 0.6 is 0 Å². The standard InChI is InChI=1S/C18H22N2/c1-18(19)14-20(12-15-8-4-2-5-9-15)13-17(18)16-10-6-3-7-11-16/h2-11,17H,12-14,19H2,1H3. The van der Waals surface area contributed by atoms with Crippen molar-refractivity contribution < 1.29 is 0 Å². The van der Waals surface area contributed by atoms with Gasteiger partial charge in [0, 0.05) is 31.1 Å². The summed E-state index contributed by atoms with van der Waals surface area (Å²) in [5.41, 5.74) is 9.11. The third-order valence-electron chi connectivity index (χ3n) is 4.25. The summed E-state index contributed by atoms with van der Waals surface area (Å²) < 4.78 is 0. The lowest BCUT2D eigenvalue weighted by molar-refractivity contribution is 0.309. The molecule has 3 rings (SSSR count). The summed E-state index contributed by atoms with van der Waals surface area (Å²) >= 11 is 0. The van der Waals surface area contributed by atoms with E-state index >= 15 is 0 Å². The molecule has 0 saturated carbocycles. The molecule has 2 atom stereocenters. The number of hydrogen-bond acceptors (Lipinski definition) is 2. The Hall–Kier alpha value is -1.64. The van der Waals surface area contributed by atoms with Gasteiger partial charge in [-0.25, -0.2) is 0 Å². The Labute approximate surface area is 121 Å². The molecule has 2 aromatic rings. The molecule has 2 aromatic carbocycles. The third kappa shape index (κ3) is 2.77. The van der Waals surface area contributed by atoms with Gasteiger partial charge < -0.3 is 5.73 Å². The fourth-order valence-corrected chi connectivity index (χ4v) is 3.26. The number of likely N-dealkylation sites (tertiary alicyclic amines) is 1. The lowest BCUT2D eigenvalue weighted by Gasteiger charge is -2.26. The van der Waals surface area contributed by atoms with Gasteiger partial charge in [-0.3, -0.25) is 4.90 Å². The third-order valence-corrected chi connectivity index (χ3v) is 4.25. The summed E-state index contributed by atoms with van der Waals surface area (Å²) in [6.07, 6.45) is 0. The average Bonchev–Trinajstić information content (AvgIpc) is 2.75. The van der Waals surface area contributed by atoms with Gasteiger partial charge in [0.2, 0.25) is 0 Å². The first-order valence-electron chi connectivity index (χ1n) is 7.25. The summed E-state index contributed by atoms with van der Waals surface area (Å²) in [5, 5.41) is 0. The largest absolute Gasteiger partial charge is 0.324 e. The smallest absolute Gasteiger partial charge is 0.0336 e. The first-order chi connectivity index (χ1) is 9.65. The summed E-state index contributed by atoms with van der Waals surface area (Å²) in [5.74, 6) is 0.410. The second kappa shape index (κ2) is 5.39. The lowest BCUT2D eigenvalue weighted by Crippen LogP contribution is -2.43. The predicted octanol–water partition coefficient (Wildman–Crippen LogP) is 3.00. The predicted molar refractivity (Wildman–Crippen MR) is 83.5 cm³/mol. The Morgan fingerprint density at radius 2 is 1.65 bits per heavy atom. The quantitative estimate of drug-likeness (QED) is 0.925. The normalized spacial score (nSPS) is 26.8. The Bertz CT molecular complexity index is 548. The number of nitrogens with zero attached hydrogens (tertiary/aromatic N) is 1. The topological polar surface area (TPSA) is 29.3 Å². The molecule has 2 heteroatoms. The molecule has 0 spiro atoms. The van der Waals surface area contributed by atoms with Gasteiger partial charge in [0.1, 0.15) is 0 Å². The van der Waals surface area contributed by atoms with Gasteiger partial charge in [-0.15, -0.1) is 0 Å². The first kappa shape index (κ1) is 13.3. The fraction of sp³-hybridized carbons (Fsp3) is 0.333. The number of rotatable bonds is 3. The highest BCUT2D eigenvalue weighted by Crippen LogP contribution is 2.34. The van der Waals surface area contributed by atoms with Crippen LogP contribution in [0.5, 0.6) is 0 Å². The van der Waals surface area contributed by atoms with Crippen molar-refractivity contribution in [1.82, 2.24) is 4.90 Å². The first-order valence-corrected chi connectivity index (χ1v) is 7.25. The average molecular weight is 266 g/mol. The summed E-state index contributed by atoms with van der Waals surface area (Å²) in [6, 6.07) is 21.3. The van der Waals surface area contributed by atoms with E-state index in [2.05, 4.69) is 72.5 Å². The van der Waals surface area contributed by atoms with Crippen LogP contribution in [0.15, 0.2) is 60.7 Å². The van der Waals surface area contributed by atoms with E-state index in [1.165, 1.54) is 11.1 Å². The number of hydrogen-bond donors (Lipinski definition) is 1. The van der Waals surface area contributed by atoms with Gasteiger partial charge >= 0.3 is 0 Å². The summed E-state index contributed by atoms with van der Waals surface area (Å²) in [7, 11) is 0. The molecule has 2 nitrogen and oxygen atoms in total. The van der Waals surface area contributed by atoms with Crippen molar-refractivity contribution >= 4 is 0 Å². The van der Waals surface area contributed by atoms with Gasteiger partial charge in [0.05, 0.1) is 0 Å². The minimum Gasteiger partial charge on any atom is -0.324 e. The van der Waals surface area contributed by atoms with E-state index in [9.17, 15) is 0 Å². The van der Waals surface area contributed by atoms with Crippen LogP contribution in [0.4, 0.5) is 0 Å². The molecule has 0 aromatic heterocycles. The van der Waals surface area contributed by atoms with Crippen LogP contribution in [0.25, 0.3) is 0 Å². The maximum atomic E-state index is 6.56. The fourth-order valence-electron chi connectivity index (χ4n) is 3.26. The van der Waals surface area contributed by atoms with E-state index < -0.39 is 0 Å². The van der Waals surface area contributed by atoms with Gasteiger partial charge in [0.25, 0.3) is 0 Å². The Morgan fingerprint density at radius 1 is 1.05 bits per heavy atom. The minimum absolute atomic E-state index is 0.157. The van der Waals surface area contributed by atoms with Crippen LogP contribution in [0.1, 0.15) is 24.0 Å². The Balaban J connectivity index is 1.75. The molecule has 1 saturated heterocycles. The molecule has 2 N–H and O–H groups in total. The van der Waals surface area contributed by atoms with E-state index in [4.69, 9.17) is 5.73 Å². The van der Waals surface area contributed by atoms with Gasteiger partial charge in [0.15, 0.2) is 0 Å². The Kier molecular flexibility index (Phi) is 3.60. The molecule has 0 bridgehead atoms. The molecule has 0 amide bonds. The second-order valence-electron chi connectivity index (χ2n) is 6.12. The molecular formula is C18H22N2. The van der Waals surface area contributed by atoms with Crippen molar-refractivity contribution in [1.29, 1.82) is 0 Å². The second-order valence-corrected chi connectivity index (χ2v) is 6.12. The van der Waals surface area contributed by atoms with Crippen molar-refractivity contribution in [2.24, 2.45) is 5.73 Å². The summed E-state index contributed by atoms with van der Waals surface area (Å²) in [4.78, 5) is 2.47. The van der Waals surface area contributed by atoms with Gasteiger partial charge in [-0.1, -0.05) is 60.7 Å². The molecule has 0 aliphatic carbocycles. The molecule has 1 fully saturated rings. The molecule has 1 heterocycles. The maximum Gasteiger partial charge on any atom is 0.0336 e. The highest BCUT2D eigenvalue weighted by molar-refractivity contribution is 5.27. The molecule has 2 unspecified atom stereocenters. The Morgan fingerprint density at radius 3 is 2.30 bits per heavy atom. The van der Waals surface area contributed by atoms with Gasteiger partial charge in [-0.05, 0) is 18.1 Å². The van der Waals surface area contributed by atoms with E-state index in [0.717, 1.165) is 19.6 Å². The van der Waals surface area contributed by atoms with Crippen molar-refractivity contribution in [2.45, 2.75) is 24.9 Å². The highest BCUT2D eigenvalue weighted by atomic mass is 15.2. The zero-order chi connectivity index (χ0) is 14.0. The van der Waals surface area contributed by atoms with E-state index in [0.29, 0.717) is 5.92 Å². The monoisotopic (exact) mass is 266 g/mol.